The van der Waals surface area contributed by atoms with Crippen molar-refractivity contribution in [1.29, 1.82) is 0 Å². The molecule has 1 aliphatic rings. The van der Waals surface area contributed by atoms with Crippen LogP contribution >= 0.6 is 0 Å². The molecule has 1 heterocycles. The molecule has 3 aromatic carbocycles. The zero-order chi connectivity index (χ0) is 28.9. The summed E-state index contributed by atoms with van der Waals surface area (Å²) < 4.78 is 27.0. The molecule has 40 heavy (non-hydrogen) atoms. The highest BCUT2D eigenvalue weighted by Gasteiger charge is 2.31. The number of rotatable bonds is 9. The first-order chi connectivity index (χ1) is 19.0. The second kappa shape index (κ2) is 12.8. The molecule has 0 radical (unpaired) electrons. The smallest absolute Gasteiger partial charge is 0.253 e. The number of hydrogen-bond donors (Lipinski definition) is 0. The van der Waals surface area contributed by atoms with E-state index in [0.29, 0.717) is 25.1 Å². The lowest BCUT2D eigenvalue weighted by molar-refractivity contribution is -0.130. The minimum absolute atomic E-state index is 0.0000697. The van der Waals surface area contributed by atoms with Crippen LogP contribution < -0.4 is 0 Å². The summed E-state index contributed by atoms with van der Waals surface area (Å²) in [6.07, 6.45) is 3.53. The zero-order valence-corrected chi connectivity index (χ0v) is 24.0. The van der Waals surface area contributed by atoms with Gasteiger partial charge in [-0.25, -0.2) is 8.78 Å². The highest BCUT2D eigenvalue weighted by molar-refractivity contribution is 5.94. The van der Waals surface area contributed by atoms with Crippen molar-refractivity contribution >= 4 is 11.8 Å². The average molecular weight is 547 g/mol. The third-order valence-corrected chi connectivity index (χ3v) is 8.06. The number of hydrogen-bond acceptors (Lipinski definition) is 2. The van der Waals surface area contributed by atoms with Crippen molar-refractivity contribution < 1.29 is 18.4 Å². The largest absolute Gasteiger partial charge is 0.341 e. The number of benzene rings is 3. The first-order valence-electron chi connectivity index (χ1n) is 14.2. The molecule has 0 spiro atoms. The molecule has 0 aliphatic carbocycles. The molecule has 2 amide bonds. The number of amides is 2. The molecule has 4 rings (SSSR count). The first-order valence-corrected chi connectivity index (χ1v) is 14.2. The summed E-state index contributed by atoms with van der Waals surface area (Å²) in [7, 11) is 1.82. The second-order valence-corrected chi connectivity index (χ2v) is 11.9. The van der Waals surface area contributed by atoms with Crippen LogP contribution in [0.15, 0.2) is 72.8 Å². The molecular formula is C34H40F2N2O2. The van der Waals surface area contributed by atoms with Gasteiger partial charge < -0.3 is 9.80 Å². The van der Waals surface area contributed by atoms with Gasteiger partial charge in [0.15, 0.2) is 0 Å². The van der Waals surface area contributed by atoms with Crippen LogP contribution in [0.2, 0.25) is 0 Å². The maximum Gasteiger partial charge on any atom is 0.253 e. The van der Waals surface area contributed by atoms with E-state index in [4.69, 9.17) is 0 Å². The summed E-state index contributed by atoms with van der Waals surface area (Å²) in [5, 5.41) is 0. The van der Waals surface area contributed by atoms with Crippen molar-refractivity contribution in [3.8, 4) is 0 Å². The molecule has 1 fully saturated rings. The van der Waals surface area contributed by atoms with Gasteiger partial charge in [0.2, 0.25) is 5.91 Å². The van der Waals surface area contributed by atoms with Crippen molar-refractivity contribution in [2.45, 2.75) is 70.3 Å². The number of carbonyl (C=O) groups is 2. The fourth-order valence-corrected chi connectivity index (χ4v) is 5.47. The summed E-state index contributed by atoms with van der Waals surface area (Å²) in [6.45, 7) is 7.65. The molecule has 6 heteroatoms. The normalized spacial score (nSPS) is 15.5. The van der Waals surface area contributed by atoms with Crippen LogP contribution in [0.1, 0.15) is 85.8 Å². The molecule has 1 unspecified atom stereocenters. The van der Waals surface area contributed by atoms with E-state index in [0.717, 1.165) is 36.8 Å². The summed E-state index contributed by atoms with van der Waals surface area (Å²) in [5.74, 6) is -0.487. The summed E-state index contributed by atoms with van der Waals surface area (Å²) in [6, 6.07) is 20.7. The number of nitrogens with zero attached hydrogens (tertiary/aromatic N) is 2. The number of halogens is 2. The third-order valence-electron chi connectivity index (χ3n) is 8.06. The standard InChI is InChI=1S/C34H40F2N2O2/c1-34(2,3)27-15-9-26(10-16-27)33(40)37(4)30-21-22-38(23-30)32(39)8-6-5-7-31(24-11-17-28(35)18-12-24)25-13-19-29(36)20-14-25/h9-20,30-31H,5-8,21-23H2,1-4H3. The molecule has 0 saturated carbocycles. The van der Waals surface area contributed by atoms with Crippen LogP contribution in [0.25, 0.3) is 0 Å². The Kier molecular flexibility index (Phi) is 9.39. The maximum atomic E-state index is 13.5. The fourth-order valence-electron chi connectivity index (χ4n) is 5.47. The Labute approximate surface area is 237 Å². The van der Waals surface area contributed by atoms with Crippen LogP contribution in [0.4, 0.5) is 8.78 Å². The lowest BCUT2D eigenvalue weighted by Gasteiger charge is -2.26. The Bertz CT molecular complexity index is 1240. The predicted octanol–water partition coefficient (Wildman–Crippen LogP) is 7.33. The number of carbonyl (C=O) groups excluding carboxylic acids is 2. The van der Waals surface area contributed by atoms with E-state index < -0.39 is 0 Å². The van der Waals surface area contributed by atoms with E-state index in [2.05, 4.69) is 20.8 Å². The summed E-state index contributed by atoms with van der Waals surface area (Å²) in [4.78, 5) is 29.7. The van der Waals surface area contributed by atoms with Gasteiger partial charge in [0.05, 0.1) is 6.04 Å². The van der Waals surface area contributed by atoms with Gasteiger partial charge in [-0.05, 0) is 77.8 Å². The molecule has 3 aromatic rings. The van der Waals surface area contributed by atoms with Crippen LogP contribution in [0.5, 0.6) is 0 Å². The Morgan fingerprint density at radius 1 is 0.875 bits per heavy atom. The first kappa shape index (κ1) is 29.4. The van der Waals surface area contributed by atoms with Crippen molar-refractivity contribution in [2.24, 2.45) is 0 Å². The predicted molar refractivity (Wildman–Crippen MR) is 155 cm³/mol. The zero-order valence-electron chi connectivity index (χ0n) is 24.0. The Morgan fingerprint density at radius 2 is 1.43 bits per heavy atom. The van der Waals surface area contributed by atoms with E-state index in [1.165, 1.54) is 29.8 Å². The molecule has 0 aromatic heterocycles. The second-order valence-electron chi connectivity index (χ2n) is 11.9. The van der Waals surface area contributed by atoms with Gasteiger partial charge in [0, 0.05) is 38.0 Å². The van der Waals surface area contributed by atoms with Crippen LogP contribution in [-0.2, 0) is 10.2 Å². The van der Waals surface area contributed by atoms with Crippen molar-refractivity contribution in [2.75, 3.05) is 20.1 Å². The van der Waals surface area contributed by atoms with Crippen molar-refractivity contribution in [1.82, 2.24) is 9.80 Å². The molecule has 1 atom stereocenters. The topological polar surface area (TPSA) is 40.6 Å². The van der Waals surface area contributed by atoms with E-state index in [-0.39, 0.29) is 40.8 Å². The van der Waals surface area contributed by atoms with Gasteiger partial charge in [0.25, 0.3) is 5.91 Å². The van der Waals surface area contributed by atoms with E-state index >= 15 is 0 Å². The van der Waals surface area contributed by atoms with E-state index in [1.807, 2.05) is 36.2 Å². The highest BCUT2D eigenvalue weighted by atomic mass is 19.1. The van der Waals surface area contributed by atoms with E-state index in [9.17, 15) is 18.4 Å². The molecule has 1 saturated heterocycles. The van der Waals surface area contributed by atoms with Crippen LogP contribution in [-0.4, -0.2) is 47.8 Å². The fraction of sp³-hybridized carbons (Fsp3) is 0.412. The third kappa shape index (κ3) is 7.35. The molecule has 0 N–H and O–H groups in total. The Hall–Kier alpha value is -3.54. The SMILES string of the molecule is CN(C(=O)c1ccc(C(C)(C)C)cc1)C1CCN(C(=O)CCCCC(c2ccc(F)cc2)c2ccc(F)cc2)C1. The number of likely N-dealkylation sites (N-methyl/N-ethyl adjacent to an activating group) is 1. The summed E-state index contributed by atoms with van der Waals surface area (Å²) in [5.41, 5.74) is 3.83. The van der Waals surface area contributed by atoms with Gasteiger partial charge in [-0.2, -0.15) is 0 Å². The molecule has 212 valence electrons. The molecule has 1 aliphatic heterocycles. The molecular weight excluding hydrogens is 506 g/mol. The number of likely N-dealkylation sites (tertiary alicyclic amines) is 1. The quantitative estimate of drug-likeness (QED) is 0.264. The van der Waals surface area contributed by atoms with Crippen molar-refractivity contribution in [3.05, 3.63) is 107 Å². The lowest BCUT2D eigenvalue weighted by atomic mass is 9.86. The lowest BCUT2D eigenvalue weighted by Crippen LogP contribution is -2.40. The maximum absolute atomic E-state index is 13.5. The van der Waals surface area contributed by atoms with E-state index in [1.54, 1.807) is 29.2 Å². The monoisotopic (exact) mass is 546 g/mol. The van der Waals surface area contributed by atoms with Gasteiger partial charge in [-0.1, -0.05) is 63.6 Å². The minimum Gasteiger partial charge on any atom is -0.341 e. The Balaban J connectivity index is 1.28. The number of unbranched alkanes of at least 4 members (excludes halogenated alkanes) is 1. The minimum atomic E-state index is -0.290. The van der Waals surface area contributed by atoms with Gasteiger partial charge in [-0.15, -0.1) is 0 Å². The molecule has 0 bridgehead atoms. The van der Waals surface area contributed by atoms with Gasteiger partial charge in [-0.3, -0.25) is 9.59 Å². The van der Waals surface area contributed by atoms with Crippen molar-refractivity contribution in [3.63, 3.8) is 0 Å². The highest BCUT2D eigenvalue weighted by Crippen LogP contribution is 2.31. The molecule has 4 nitrogen and oxygen atoms in total. The van der Waals surface area contributed by atoms with Crippen LogP contribution in [0, 0.1) is 11.6 Å². The van der Waals surface area contributed by atoms with Gasteiger partial charge >= 0.3 is 0 Å². The van der Waals surface area contributed by atoms with Crippen LogP contribution in [0.3, 0.4) is 0 Å². The van der Waals surface area contributed by atoms with Gasteiger partial charge in [0.1, 0.15) is 11.6 Å². The Morgan fingerprint density at radius 3 is 1.95 bits per heavy atom. The summed E-state index contributed by atoms with van der Waals surface area (Å²) >= 11 is 0. The average Bonchev–Trinajstić information content (AvgIpc) is 3.44.